The Bertz CT molecular complexity index is 818. The van der Waals surface area contributed by atoms with Crippen molar-refractivity contribution in [3.63, 3.8) is 0 Å². The molecular formula is C20H17NO. The van der Waals surface area contributed by atoms with Crippen LogP contribution in [0.3, 0.4) is 0 Å². The number of rotatable bonds is 2. The lowest BCUT2D eigenvalue weighted by Crippen LogP contribution is -2.32. The smallest absolute Gasteiger partial charge is 0.132 e. The Morgan fingerprint density at radius 2 is 1.64 bits per heavy atom. The number of fused-ring (bicyclic) bond motifs is 1. The molecule has 1 aliphatic heterocycles. The third-order valence-corrected chi connectivity index (χ3v) is 4.16. The van der Waals surface area contributed by atoms with E-state index in [0.717, 1.165) is 11.4 Å². The largest absolute Gasteiger partial charge is 0.467 e. The maximum atomic E-state index is 5.67. The summed E-state index contributed by atoms with van der Waals surface area (Å²) in [4.78, 5) is 0. The quantitative estimate of drug-likeness (QED) is 0.713. The average molecular weight is 287 g/mol. The molecule has 0 saturated carbocycles. The molecule has 0 fully saturated rings. The molecule has 1 aromatic heterocycles. The van der Waals surface area contributed by atoms with Crippen LogP contribution in [-0.2, 0) is 5.54 Å². The Kier molecular flexibility index (Phi) is 2.90. The van der Waals surface area contributed by atoms with Gasteiger partial charge in [-0.3, -0.25) is 0 Å². The second-order valence-corrected chi connectivity index (χ2v) is 5.77. The van der Waals surface area contributed by atoms with E-state index in [0.29, 0.717) is 0 Å². The average Bonchev–Trinajstić information content (AvgIpc) is 3.10. The van der Waals surface area contributed by atoms with Gasteiger partial charge in [-0.2, -0.15) is 0 Å². The Hall–Kier alpha value is -2.74. The molecule has 3 aromatic rings. The Balaban J connectivity index is 1.93. The van der Waals surface area contributed by atoms with Gasteiger partial charge in [0.15, 0.2) is 0 Å². The van der Waals surface area contributed by atoms with Crippen LogP contribution in [0.4, 0.5) is 5.69 Å². The molecule has 1 N–H and O–H groups in total. The zero-order valence-corrected chi connectivity index (χ0v) is 12.4. The highest BCUT2D eigenvalue weighted by Gasteiger charge is 2.32. The van der Waals surface area contributed by atoms with E-state index in [1.165, 1.54) is 16.7 Å². The number of hydrogen-bond donors (Lipinski definition) is 1. The maximum Gasteiger partial charge on any atom is 0.132 e. The lowest BCUT2D eigenvalue weighted by atomic mass is 9.84. The lowest BCUT2D eigenvalue weighted by Gasteiger charge is -2.34. The van der Waals surface area contributed by atoms with E-state index in [1.807, 2.05) is 18.2 Å². The fourth-order valence-corrected chi connectivity index (χ4v) is 3.07. The summed E-state index contributed by atoms with van der Waals surface area (Å²) in [6.45, 7) is 2.14. The Morgan fingerprint density at radius 3 is 2.41 bits per heavy atom. The number of hydrogen-bond acceptors (Lipinski definition) is 2. The molecule has 0 spiro atoms. The third-order valence-electron chi connectivity index (χ3n) is 4.16. The van der Waals surface area contributed by atoms with Crippen LogP contribution in [0.25, 0.3) is 5.57 Å². The van der Waals surface area contributed by atoms with Gasteiger partial charge in [-0.15, -0.1) is 0 Å². The highest BCUT2D eigenvalue weighted by atomic mass is 16.3. The minimum atomic E-state index is -0.358. The third kappa shape index (κ3) is 2.04. The monoisotopic (exact) mass is 287 g/mol. The van der Waals surface area contributed by atoms with Crippen LogP contribution < -0.4 is 5.32 Å². The summed E-state index contributed by atoms with van der Waals surface area (Å²) in [7, 11) is 0. The van der Waals surface area contributed by atoms with Crippen molar-refractivity contribution in [2.75, 3.05) is 5.32 Å². The highest BCUT2D eigenvalue weighted by molar-refractivity contribution is 5.89. The van der Waals surface area contributed by atoms with Crippen molar-refractivity contribution in [3.05, 3.63) is 96.0 Å². The topological polar surface area (TPSA) is 25.2 Å². The van der Waals surface area contributed by atoms with Crippen LogP contribution in [0.15, 0.2) is 83.5 Å². The van der Waals surface area contributed by atoms with Gasteiger partial charge in [-0.1, -0.05) is 48.5 Å². The van der Waals surface area contributed by atoms with Crippen molar-refractivity contribution in [2.45, 2.75) is 12.5 Å². The van der Waals surface area contributed by atoms with Crippen molar-refractivity contribution in [2.24, 2.45) is 0 Å². The second-order valence-electron chi connectivity index (χ2n) is 5.77. The molecule has 2 nitrogen and oxygen atoms in total. The molecule has 2 heteroatoms. The first-order chi connectivity index (χ1) is 10.8. The molecule has 0 aliphatic carbocycles. The molecule has 1 unspecified atom stereocenters. The van der Waals surface area contributed by atoms with Gasteiger partial charge in [0.25, 0.3) is 0 Å². The van der Waals surface area contributed by atoms with E-state index in [2.05, 4.69) is 66.8 Å². The van der Waals surface area contributed by atoms with Crippen LogP contribution in [0, 0.1) is 0 Å². The van der Waals surface area contributed by atoms with Crippen LogP contribution >= 0.6 is 0 Å². The fraction of sp³-hybridized carbons (Fsp3) is 0.100. The van der Waals surface area contributed by atoms with Crippen LogP contribution in [0.2, 0.25) is 0 Å². The molecule has 1 atom stereocenters. The molecule has 108 valence electrons. The zero-order valence-electron chi connectivity index (χ0n) is 12.4. The van der Waals surface area contributed by atoms with E-state index in [-0.39, 0.29) is 5.54 Å². The van der Waals surface area contributed by atoms with Crippen molar-refractivity contribution >= 4 is 11.3 Å². The summed E-state index contributed by atoms with van der Waals surface area (Å²) in [6, 6.07) is 22.8. The Morgan fingerprint density at radius 1 is 0.864 bits per heavy atom. The van der Waals surface area contributed by atoms with E-state index in [9.17, 15) is 0 Å². The number of anilines is 1. The van der Waals surface area contributed by atoms with Gasteiger partial charge in [0.2, 0.25) is 0 Å². The second kappa shape index (κ2) is 4.92. The SMILES string of the molecule is CC1(c2ccco2)C=C(c2ccccc2)c2ccccc2N1. The normalized spacial score (nSPS) is 20.0. The number of para-hydroxylation sites is 1. The molecule has 0 radical (unpaired) electrons. The standard InChI is InChI=1S/C20H17NO/c1-20(19-12-7-13-22-19)14-17(15-8-3-2-4-9-15)16-10-5-6-11-18(16)21-20/h2-14,21H,1H3. The summed E-state index contributed by atoms with van der Waals surface area (Å²) in [5, 5.41) is 3.61. The molecule has 22 heavy (non-hydrogen) atoms. The van der Waals surface area contributed by atoms with E-state index < -0.39 is 0 Å². The van der Waals surface area contributed by atoms with Crippen molar-refractivity contribution in [1.29, 1.82) is 0 Å². The van der Waals surface area contributed by atoms with Crippen molar-refractivity contribution < 1.29 is 4.42 Å². The number of benzene rings is 2. The number of nitrogens with one attached hydrogen (secondary N) is 1. The minimum Gasteiger partial charge on any atom is -0.467 e. The summed E-state index contributed by atoms with van der Waals surface area (Å²) in [6.07, 6.45) is 3.97. The molecule has 2 aromatic carbocycles. The molecule has 0 bridgehead atoms. The lowest BCUT2D eigenvalue weighted by molar-refractivity contribution is 0.444. The van der Waals surface area contributed by atoms with Gasteiger partial charge < -0.3 is 9.73 Å². The number of furan rings is 1. The summed E-state index contributed by atoms with van der Waals surface area (Å²) >= 11 is 0. The van der Waals surface area contributed by atoms with Gasteiger partial charge in [-0.05, 0) is 42.3 Å². The van der Waals surface area contributed by atoms with E-state index in [1.54, 1.807) is 6.26 Å². The van der Waals surface area contributed by atoms with Gasteiger partial charge in [0.1, 0.15) is 11.3 Å². The fourth-order valence-electron chi connectivity index (χ4n) is 3.07. The Labute approximate surface area is 130 Å². The van der Waals surface area contributed by atoms with Crippen molar-refractivity contribution in [3.8, 4) is 0 Å². The molecular weight excluding hydrogens is 270 g/mol. The van der Waals surface area contributed by atoms with Gasteiger partial charge in [0.05, 0.1) is 6.26 Å². The van der Waals surface area contributed by atoms with E-state index >= 15 is 0 Å². The van der Waals surface area contributed by atoms with Crippen LogP contribution in [-0.4, -0.2) is 0 Å². The van der Waals surface area contributed by atoms with Crippen LogP contribution in [0.1, 0.15) is 23.8 Å². The van der Waals surface area contributed by atoms with Crippen LogP contribution in [0.5, 0.6) is 0 Å². The molecule has 0 amide bonds. The first kappa shape index (κ1) is 13.0. The van der Waals surface area contributed by atoms with Crippen molar-refractivity contribution in [1.82, 2.24) is 0 Å². The maximum absolute atomic E-state index is 5.67. The highest BCUT2D eigenvalue weighted by Crippen LogP contribution is 2.41. The molecule has 4 rings (SSSR count). The minimum absolute atomic E-state index is 0.358. The molecule has 0 saturated heterocycles. The van der Waals surface area contributed by atoms with Gasteiger partial charge in [0, 0.05) is 11.3 Å². The first-order valence-electron chi connectivity index (χ1n) is 7.46. The van der Waals surface area contributed by atoms with E-state index in [4.69, 9.17) is 4.42 Å². The summed E-state index contributed by atoms with van der Waals surface area (Å²) in [5.41, 5.74) is 4.44. The van der Waals surface area contributed by atoms with Gasteiger partial charge >= 0.3 is 0 Å². The first-order valence-corrected chi connectivity index (χ1v) is 7.46. The predicted molar refractivity (Wildman–Crippen MR) is 89.6 cm³/mol. The zero-order chi connectivity index (χ0) is 15.0. The summed E-state index contributed by atoms with van der Waals surface area (Å²) < 4.78 is 5.67. The summed E-state index contributed by atoms with van der Waals surface area (Å²) in [5.74, 6) is 0.912. The predicted octanol–water partition coefficient (Wildman–Crippen LogP) is 5.05. The molecule has 2 heterocycles. The molecule has 1 aliphatic rings. The van der Waals surface area contributed by atoms with Gasteiger partial charge in [-0.25, -0.2) is 0 Å².